The largest absolute Gasteiger partial charge is 0.491 e. The van der Waals surface area contributed by atoms with Crippen molar-refractivity contribution >= 4 is 23.5 Å². The minimum Gasteiger partial charge on any atom is -0.491 e. The molecule has 0 radical (unpaired) electrons. The van der Waals surface area contributed by atoms with Crippen LogP contribution in [0.25, 0.3) is 0 Å². The number of carbonyl (C=O) groups is 2. The van der Waals surface area contributed by atoms with Crippen LogP contribution in [0, 0.1) is 0 Å². The molecule has 2 atom stereocenters. The fourth-order valence-electron chi connectivity index (χ4n) is 4.59. The summed E-state index contributed by atoms with van der Waals surface area (Å²) in [4.78, 5) is 32.5. The number of halogens is 1. The van der Waals surface area contributed by atoms with Crippen LogP contribution in [-0.2, 0) is 30.4 Å². The maximum atomic E-state index is 13.5. The first-order chi connectivity index (χ1) is 17.5. The van der Waals surface area contributed by atoms with E-state index in [0.717, 1.165) is 24.0 Å². The Balaban J connectivity index is 1.58. The second kappa shape index (κ2) is 12.3. The quantitative estimate of drug-likeness (QED) is 0.266. The highest BCUT2D eigenvalue weighted by molar-refractivity contribution is 6.29. The van der Waals surface area contributed by atoms with Crippen LogP contribution in [0.2, 0.25) is 5.15 Å². The Bertz CT molecular complexity index is 1100. The summed E-state index contributed by atoms with van der Waals surface area (Å²) in [5.41, 5.74) is 2.50. The minimum atomic E-state index is -0.483. The van der Waals surface area contributed by atoms with Gasteiger partial charge in [-0.2, -0.15) is 0 Å². The molecular weight excluding hydrogens is 484 g/mol. The molecule has 0 unspecified atom stereocenters. The molecule has 1 fully saturated rings. The molecule has 1 aromatic carbocycles. The zero-order chi connectivity index (χ0) is 25.5. The van der Waals surface area contributed by atoms with Gasteiger partial charge in [0, 0.05) is 43.5 Å². The van der Waals surface area contributed by atoms with Crippen molar-refractivity contribution in [2.75, 3.05) is 33.5 Å². The molecule has 0 aliphatic carbocycles. The summed E-state index contributed by atoms with van der Waals surface area (Å²) in [7, 11) is 1.61. The van der Waals surface area contributed by atoms with E-state index in [-0.39, 0.29) is 25.0 Å². The molecule has 0 spiro atoms. The normalized spacial score (nSPS) is 20.1. The number of aromatic nitrogens is 1. The van der Waals surface area contributed by atoms with Gasteiger partial charge in [0.1, 0.15) is 24.1 Å². The first-order valence-corrected chi connectivity index (χ1v) is 12.5. The van der Waals surface area contributed by atoms with Gasteiger partial charge in [-0.15, -0.1) is 0 Å². The second-order valence-electron chi connectivity index (χ2n) is 8.83. The lowest BCUT2D eigenvalue weighted by Crippen LogP contribution is -2.42. The molecule has 0 saturated carbocycles. The number of ether oxygens (including phenoxy) is 4. The predicted octanol–water partition coefficient (Wildman–Crippen LogP) is 4.27. The van der Waals surface area contributed by atoms with Crippen LogP contribution in [-0.4, -0.2) is 61.3 Å². The average molecular weight is 515 g/mol. The van der Waals surface area contributed by atoms with E-state index < -0.39 is 11.9 Å². The Morgan fingerprint density at radius 3 is 2.78 bits per heavy atom. The number of hydrogen-bond acceptors (Lipinski definition) is 7. The number of pyridine rings is 1. The summed E-state index contributed by atoms with van der Waals surface area (Å²) in [6.45, 7) is 3.77. The molecule has 0 N–H and O–H groups in total. The highest BCUT2D eigenvalue weighted by Gasteiger charge is 2.38. The summed E-state index contributed by atoms with van der Waals surface area (Å²) in [5, 5.41) is 0.343. The molecule has 1 aromatic heterocycles. The lowest BCUT2D eigenvalue weighted by atomic mass is 9.84. The van der Waals surface area contributed by atoms with Gasteiger partial charge in [-0.1, -0.05) is 35.9 Å². The van der Waals surface area contributed by atoms with Gasteiger partial charge in [0.05, 0.1) is 24.8 Å². The number of amides is 1. The molecular formula is C27H31ClN2O6. The van der Waals surface area contributed by atoms with Gasteiger partial charge in [0.15, 0.2) is 0 Å². The lowest BCUT2D eigenvalue weighted by molar-refractivity contribution is -0.141. The van der Waals surface area contributed by atoms with Crippen molar-refractivity contribution in [3.05, 3.63) is 70.1 Å². The van der Waals surface area contributed by atoms with Gasteiger partial charge in [0.2, 0.25) is 5.91 Å². The van der Waals surface area contributed by atoms with Crippen LogP contribution < -0.4 is 4.74 Å². The average Bonchev–Trinajstić information content (AvgIpc) is 3.39. The molecule has 3 heterocycles. The summed E-state index contributed by atoms with van der Waals surface area (Å²) in [6, 6.07) is 10.9. The molecule has 2 aromatic rings. The van der Waals surface area contributed by atoms with Crippen molar-refractivity contribution in [1.29, 1.82) is 0 Å². The van der Waals surface area contributed by atoms with E-state index in [0.29, 0.717) is 48.5 Å². The van der Waals surface area contributed by atoms with Gasteiger partial charge in [0.25, 0.3) is 0 Å². The van der Waals surface area contributed by atoms with Crippen molar-refractivity contribution in [3.8, 4) is 5.75 Å². The van der Waals surface area contributed by atoms with Crippen molar-refractivity contribution in [2.24, 2.45) is 0 Å². The smallest absolute Gasteiger partial charge is 0.336 e. The van der Waals surface area contributed by atoms with Crippen LogP contribution in [0.3, 0.4) is 0 Å². The highest BCUT2D eigenvalue weighted by Crippen LogP contribution is 2.38. The standard InChI is InChI=1S/C27H31ClN2O6/c1-18-26(27(32)36-17-20-6-3-4-8-23(20)35-13-12-33-2)22(19-9-10-24(28)29-15-19)14-25(31)30(18)16-21-7-5-11-34-21/h3-4,6,8-10,15,21-22H,5,7,11-14,16-17H2,1-2H3/t21-,22+/m1/s1. The van der Waals surface area contributed by atoms with E-state index in [4.69, 9.17) is 30.5 Å². The van der Waals surface area contributed by atoms with Crippen molar-refractivity contribution in [3.63, 3.8) is 0 Å². The minimum absolute atomic E-state index is 0.0318. The van der Waals surface area contributed by atoms with Gasteiger partial charge >= 0.3 is 5.97 Å². The topological polar surface area (TPSA) is 87.2 Å². The van der Waals surface area contributed by atoms with Gasteiger partial charge in [-0.25, -0.2) is 9.78 Å². The van der Waals surface area contributed by atoms with Gasteiger partial charge in [-0.05, 0) is 37.5 Å². The fraction of sp³-hybridized carbons (Fsp3) is 0.444. The molecule has 36 heavy (non-hydrogen) atoms. The Hall–Kier alpha value is -2.94. The van der Waals surface area contributed by atoms with Crippen LogP contribution in [0.15, 0.2) is 53.9 Å². The van der Waals surface area contributed by atoms with Crippen LogP contribution in [0.1, 0.15) is 43.2 Å². The SMILES string of the molecule is COCCOc1ccccc1COC(=O)C1=C(C)N(C[C@H]2CCCO2)C(=O)C[C@H]1c1ccc(Cl)nc1. The second-order valence-corrected chi connectivity index (χ2v) is 9.22. The Kier molecular flexibility index (Phi) is 8.96. The monoisotopic (exact) mass is 514 g/mol. The number of hydrogen-bond donors (Lipinski definition) is 0. The first kappa shape index (κ1) is 26.1. The van der Waals surface area contributed by atoms with Crippen molar-refractivity contribution in [2.45, 2.75) is 44.8 Å². The summed E-state index contributed by atoms with van der Waals surface area (Å²) < 4.78 is 22.4. The molecule has 8 nitrogen and oxygen atoms in total. The number of benzene rings is 1. The van der Waals surface area contributed by atoms with E-state index in [1.165, 1.54) is 0 Å². The number of allylic oxidation sites excluding steroid dienone is 1. The Morgan fingerprint density at radius 2 is 2.06 bits per heavy atom. The molecule has 192 valence electrons. The molecule has 2 aliphatic heterocycles. The van der Waals surface area contributed by atoms with Crippen LogP contribution in [0.5, 0.6) is 5.75 Å². The maximum absolute atomic E-state index is 13.5. The van der Waals surface area contributed by atoms with Gasteiger partial charge < -0.3 is 23.8 Å². The van der Waals surface area contributed by atoms with E-state index in [1.54, 1.807) is 37.3 Å². The van der Waals surface area contributed by atoms with Crippen LogP contribution in [0.4, 0.5) is 0 Å². The molecule has 0 bridgehead atoms. The van der Waals surface area contributed by atoms with Gasteiger partial charge in [-0.3, -0.25) is 4.79 Å². The van der Waals surface area contributed by atoms with E-state index >= 15 is 0 Å². The predicted molar refractivity (Wildman–Crippen MR) is 134 cm³/mol. The number of carbonyl (C=O) groups excluding carboxylic acids is 2. The van der Waals surface area contributed by atoms with Crippen molar-refractivity contribution in [1.82, 2.24) is 9.88 Å². The maximum Gasteiger partial charge on any atom is 0.336 e. The fourth-order valence-corrected chi connectivity index (χ4v) is 4.70. The Morgan fingerprint density at radius 1 is 1.22 bits per heavy atom. The summed E-state index contributed by atoms with van der Waals surface area (Å²) in [6.07, 6.45) is 3.56. The Labute approximate surface area is 216 Å². The third-order valence-electron chi connectivity index (χ3n) is 6.48. The lowest BCUT2D eigenvalue weighted by Gasteiger charge is -2.35. The zero-order valence-electron chi connectivity index (χ0n) is 20.6. The third kappa shape index (κ3) is 6.24. The third-order valence-corrected chi connectivity index (χ3v) is 6.71. The molecule has 2 aliphatic rings. The number of methoxy groups -OCH3 is 1. The number of para-hydroxylation sites is 1. The van der Waals surface area contributed by atoms with Crippen molar-refractivity contribution < 1.29 is 28.5 Å². The molecule has 1 amide bonds. The number of rotatable bonds is 10. The summed E-state index contributed by atoms with van der Waals surface area (Å²) >= 11 is 5.98. The highest BCUT2D eigenvalue weighted by atomic mass is 35.5. The molecule has 9 heteroatoms. The van der Waals surface area contributed by atoms with E-state index in [2.05, 4.69) is 4.98 Å². The van der Waals surface area contributed by atoms with E-state index in [1.807, 2.05) is 24.3 Å². The first-order valence-electron chi connectivity index (χ1n) is 12.1. The zero-order valence-corrected chi connectivity index (χ0v) is 21.3. The van der Waals surface area contributed by atoms with E-state index in [9.17, 15) is 9.59 Å². The summed E-state index contributed by atoms with van der Waals surface area (Å²) in [5.74, 6) is -0.394. The molecule has 4 rings (SSSR count). The number of esters is 1. The number of nitrogens with zero attached hydrogens (tertiary/aromatic N) is 2. The molecule has 1 saturated heterocycles. The van der Waals surface area contributed by atoms with Crippen LogP contribution >= 0.6 is 11.6 Å².